The summed E-state index contributed by atoms with van der Waals surface area (Å²) < 4.78 is 0. The molecule has 0 radical (unpaired) electrons. The van der Waals surface area contributed by atoms with Gasteiger partial charge in [0.15, 0.2) is 5.69 Å². The molecule has 1 heterocycles. The van der Waals surface area contributed by atoms with Crippen molar-refractivity contribution < 1.29 is 0 Å². The quantitative estimate of drug-likeness (QED) is 0.891. The van der Waals surface area contributed by atoms with Crippen molar-refractivity contribution in [3.63, 3.8) is 0 Å². The van der Waals surface area contributed by atoms with E-state index in [4.69, 9.17) is 5.26 Å². The van der Waals surface area contributed by atoms with Gasteiger partial charge in [0, 0.05) is 0 Å². The molecule has 0 aliphatic heterocycles. The van der Waals surface area contributed by atoms with Crippen molar-refractivity contribution in [3.05, 3.63) is 52.6 Å². The summed E-state index contributed by atoms with van der Waals surface area (Å²) in [4.78, 5) is 7.31. The fraction of sp³-hybridized carbons (Fsp3) is 0.333. The molecule has 3 nitrogen and oxygen atoms in total. The number of aryl methyl sites for hydroxylation is 4. The first-order valence-electron chi connectivity index (χ1n) is 6.26. The Kier molecular flexibility index (Phi) is 3.78. The van der Waals surface area contributed by atoms with Crippen molar-refractivity contribution in [3.8, 4) is 6.07 Å². The van der Waals surface area contributed by atoms with Crippen molar-refractivity contribution in [2.75, 3.05) is 0 Å². The number of nitrogens with zero attached hydrogens (tertiary/aromatic N) is 2. The molecular weight excluding hydrogens is 222 g/mol. The summed E-state index contributed by atoms with van der Waals surface area (Å²) in [6.45, 7) is 4.03. The van der Waals surface area contributed by atoms with Crippen LogP contribution in [-0.4, -0.2) is 9.97 Å². The molecule has 0 saturated carbocycles. The van der Waals surface area contributed by atoms with Crippen LogP contribution in [0.4, 0.5) is 0 Å². The zero-order valence-corrected chi connectivity index (χ0v) is 10.8. The van der Waals surface area contributed by atoms with E-state index in [-0.39, 0.29) is 0 Å². The van der Waals surface area contributed by atoms with E-state index in [1.54, 1.807) is 0 Å². The second kappa shape index (κ2) is 5.50. The van der Waals surface area contributed by atoms with E-state index >= 15 is 0 Å². The van der Waals surface area contributed by atoms with E-state index in [1.165, 1.54) is 11.1 Å². The summed E-state index contributed by atoms with van der Waals surface area (Å²) in [5, 5.41) is 8.96. The average molecular weight is 239 g/mol. The fourth-order valence-electron chi connectivity index (χ4n) is 2.03. The highest BCUT2D eigenvalue weighted by Crippen LogP contribution is 2.11. The van der Waals surface area contributed by atoms with Gasteiger partial charge >= 0.3 is 0 Å². The lowest BCUT2D eigenvalue weighted by molar-refractivity contribution is 0.914. The van der Waals surface area contributed by atoms with E-state index in [2.05, 4.69) is 47.2 Å². The molecule has 0 spiro atoms. The van der Waals surface area contributed by atoms with Gasteiger partial charge in [0.25, 0.3) is 0 Å². The number of aromatic amines is 1. The lowest BCUT2D eigenvalue weighted by Gasteiger charge is -2.02. The van der Waals surface area contributed by atoms with Gasteiger partial charge in [-0.15, -0.1) is 0 Å². The highest BCUT2D eigenvalue weighted by Gasteiger charge is 2.07. The van der Waals surface area contributed by atoms with Crippen LogP contribution in [0.15, 0.2) is 24.3 Å². The topological polar surface area (TPSA) is 52.5 Å². The van der Waals surface area contributed by atoms with Gasteiger partial charge in [0.2, 0.25) is 0 Å². The van der Waals surface area contributed by atoms with E-state index in [0.29, 0.717) is 5.69 Å². The Morgan fingerprint density at radius 1 is 1.17 bits per heavy atom. The van der Waals surface area contributed by atoms with Crippen molar-refractivity contribution in [1.82, 2.24) is 9.97 Å². The monoisotopic (exact) mass is 239 g/mol. The molecule has 0 bridgehead atoms. The van der Waals surface area contributed by atoms with Crippen molar-refractivity contribution in [1.29, 1.82) is 5.26 Å². The Morgan fingerprint density at radius 2 is 1.83 bits per heavy atom. The predicted octanol–water partition coefficient (Wildman–Crippen LogP) is 2.94. The minimum atomic E-state index is 0.526. The Hall–Kier alpha value is -2.08. The fourth-order valence-corrected chi connectivity index (χ4v) is 2.03. The summed E-state index contributed by atoms with van der Waals surface area (Å²) in [5.74, 6) is 0.808. The number of aromatic nitrogens is 2. The maximum atomic E-state index is 8.96. The summed E-state index contributed by atoms with van der Waals surface area (Å²) in [7, 11) is 0. The molecule has 1 aromatic carbocycles. The van der Waals surface area contributed by atoms with Crippen molar-refractivity contribution in [2.45, 2.75) is 33.1 Å². The SMILES string of the molecule is CCc1ccc(CCc2[nH]c(C)nc2C#N)cc1. The van der Waals surface area contributed by atoms with Crippen LogP contribution in [0.3, 0.4) is 0 Å². The third kappa shape index (κ3) is 2.78. The standard InChI is InChI=1S/C15H17N3/c1-3-12-4-6-13(7-5-12)8-9-14-15(10-16)18-11(2)17-14/h4-7H,3,8-9H2,1-2H3,(H,17,18). The second-order valence-electron chi connectivity index (χ2n) is 4.43. The van der Waals surface area contributed by atoms with Crippen molar-refractivity contribution in [2.24, 2.45) is 0 Å². The molecule has 92 valence electrons. The van der Waals surface area contributed by atoms with Gasteiger partial charge < -0.3 is 4.98 Å². The molecule has 3 heteroatoms. The number of H-pyrrole nitrogens is 1. The van der Waals surface area contributed by atoms with Crippen LogP contribution in [0.2, 0.25) is 0 Å². The molecule has 18 heavy (non-hydrogen) atoms. The number of benzene rings is 1. The third-order valence-corrected chi connectivity index (χ3v) is 3.10. The number of hydrogen-bond donors (Lipinski definition) is 1. The van der Waals surface area contributed by atoms with Gasteiger partial charge in [-0.25, -0.2) is 4.98 Å². The zero-order valence-electron chi connectivity index (χ0n) is 10.8. The number of imidazole rings is 1. The Balaban J connectivity index is 2.04. The predicted molar refractivity (Wildman–Crippen MR) is 71.3 cm³/mol. The average Bonchev–Trinajstić information content (AvgIpc) is 2.77. The van der Waals surface area contributed by atoms with Crippen LogP contribution in [-0.2, 0) is 19.3 Å². The largest absolute Gasteiger partial charge is 0.345 e. The Labute approximate surface area is 107 Å². The lowest BCUT2D eigenvalue weighted by atomic mass is 10.0. The summed E-state index contributed by atoms with van der Waals surface area (Å²) in [5.41, 5.74) is 4.12. The molecule has 1 aromatic heterocycles. The summed E-state index contributed by atoms with van der Waals surface area (Å²) in [6.07, 6.45) is 2.83. The van der Waals surface area contributed by atoms with E-state index in [9.17, 15) is 0 Å². The number of nitrogens with one attached hydrogen (secondary N) is 1. The van der Waals surface area contributed by atoms with Crippen LogP contribution in [0, 0.1) is 18.3 Å². The van der Waals surface area contributed by atoms with Gasteiger partial charge in [-0.1, -0.05) is 31.2 Å². The second-order valence-corrected chi connectivity index (χ2v) is 4.43. The van der Waals surface area contributed by atoms with Crippen LogP contribution < -0.4 is 0 Å². The van der Waals surface area contributed by atoms with E-state index in [0.717, 1.165) is 30.8 Å². The number of hydrogen-bond acceptors (Lipinski definition) is 2. The molecule has 0 atom stereocenters. The first kappa shape index (κ1) is 12.4. The Bertz CT molecular complexity index is 558. The van der Waals surface area contributed by atoms with Gasteiger partial charge in [-0.3, -0.25) is 0 Å². The van der Waals surface area contributed by atoms with Crippen LogP contribution >= 0.6 is 0 Å². The van der Waals surface area contributed by atoms with Gasteiger partial charge in [-0.2, -0.15) is 5.26 Å². The van der Waals surface area contributed by atoms with Crippen LogP contribution in [0.1, 0.15) is 35.3 Å². The number of rotatable bonds is 4. The molecule has 1 N–H and O–H groups in total. The van der Waals surface area contributed by atoms with Gasteiger partial charge in [-0.05, 0) is 37.3 Å². The minimum absolute atomic E-state index is 0.526. The number of nitriles is 1. The molecule has 0 aliphatic rings. The maximum absolute atomic E-state index is 8.96. The first-order valence-corrected chi connectivity index (χ1v) is 6.26. The molecule has 0 fully saturated rings. The normalized spacial score (nSPS) is 10.3. The molecular formula is C15H17N3. The molecule has 0 aliphatic carbocycles. The lowest BCUT2D eigenvalue weighted by Crippen LogP contribution is -1.94. The van der Waals surface area contributed by atoms with E-state index < -0.39 is 0 Å². The molecule has 0 amide bonds. The smallest absolute Gasteiger partial charge is 0.161 e. The Morgan fingerprint density at radius 3 is 2.44 bits per heavy atom. The highest BCUT2D eigenvalue weighted by molar-refractivity contribution is 5.29. The maximum Gasteiger partial charge on any atom is 0.161 e. The molecule has 2 aromatic rings. The molecule has 0 unspecified atom stereocenters. The molecule has 0 saturated heterocycles. The summed E-state index contributed by atoms with van der Waals surface area (Å²) >= 11 is 0. The van der Waals surface area contributed by atoms with Gasteiger partial charge in [0.05, 0.1) is 5.69 Å². The van der Waals surface area contributed by atoms with Gasteiger partial charge in [0.1, 0.15) is 11.9 Å². The molecule has 2 rings (SSSR count). The van der Waals surface area contributed by atoms with E-state index in [1.807, 2.05) is 6.92 Å². The summed E-state index contributed by atoms with van der Waals surface area (Å²) in [6, 6.07) is 10.8. The zero-order chi connectivity index (χ0) is 13.0. The van der Waals surface area contributed by atoms with Crippen LogP contribution in [0.25, 0.3) is 0 Å². The van der Waals surface area contributed by atoms with Crippen molar-refractivity contribution >= 4 is 0 Å². The first-order chi connectivity index (χ1) is 8.72. The highest BCUT2D eigenvalue weighted by atomic mass is 14.9. The third-order valence-electron chi connectivity index (χ3n) is 3.10. The minimum Gasteiger partial charge on any atom is -0.345 e. The van der Waals surface area contributed by atoms with Crippen LogP contribution in [0.5, 0.6) is 0 Å².